The molecule has 1 atom stereocenters. The average molecular weight is 261 g/mol. The number of hydrogen-bond donors (Lipinski definition) is 1. The molecule has 2 rings (SSSR count). The predicted octanol–water partition coefficient (Wildman–Crippen LogP) is 4.29. The molecule has 0 aliphatic heterocycles. The molecule has 2 heteroatoms. The first-order valence-electron chi connectivity index (χ1n) is 6.14. The highest BCUT2D eigenvalue weighted by Crippen LogP contribution is 2.26. The SMILES string of the molecule is CCc1ccc(C(O)c2cc(C)cc(Cl)c2)cc1. The van der Waals surface area contributed by atoms with Crippen molar-refractivity contribution >= 4 is 11.6 Å². The van der Waals surface area contributed by atoms with E-state index in [1.54, 1.807) is 0 Å². The Labute approximate surface area is 113 Å². The summed E-state index contributed by atoms with van der Waals surface area (Å²) >= 11 is 6.02. The Morgan fingerprint density at radius 2 is 1.72 bits per heavy atom. The molecule has 0 aliphatic carbocycles. The van der Waals surface area contributed by atoms with E-state index in [-0.39, 0.29) is 0 Å². The lowest BCUT2D eigenvalue weighted by molar-refractivity contribution is 0.220. The lowest BCUT2D eigenvalue weighted by Crippen LogP contribution is -2.00. The maximum absolute atomic E-state index is 10.3. The smallest absolute Gasteiger partial charge is 0.104 e. The number of hydrogen-bond acceptors (Lipinski definition) is 1. The van der Waals surface area contributed by atoms with Crippen molar-refractivity contribution < 1.29 is 5.11 Å². The summed E-state index contributed by atoms with van der Waals surface area (Å²) in [5.74, 6) is 0. The van der Waals surface area contributed by atoms with Crippen LogP contribution < -0.4 is 0 Å². The van der Waals surface area contributed by atoms with Gasteiger partial charge in [-0.2, -0.15) is 0 Å². The molecule has 1 nitrogen and oxygen atoms in total. The molecule has 2 aromatic rings. The average Bonchev–Trinajstić information content (AvgIpc) is 2.37. The van der Waals surface area contributed by atoms with Crippen molar-refractivity contribution in [1.82, 2.24) is 0 Å². The van der Waals surface area contributed by atoms with Crippen molar-refractivity contribution in [2.24, 2.45) is 0 Å². The van der Waals surface area contributed by atoms with Gasteiger partial charge in [0, 0.05) is 5.02 Å². The largest absolute Gasteiger partial charge is 0.384 e. The Kier molecular flexibility index (Phi) is 4.05. The first kappa shape index (κ1) is 13.1. The summed E-state index contributed by atoms with van der Waals surface area (Å²) in [7, 11) is 0. The molecule has 0 saturated carbocycles. The van der Waals surface area contributed by atoms with Crippen molar-refractivity contribution in [1.29, 1.82) is 0 Å². The zero-order valence-corrected chi connectivity index (χ0v) is 11.4. The van der Waals surface area contributed by atoms with E-state index in [9.17, 15) is 5.11 Å². The second-order valence-electron chi connectivity index (χ2n) is 4.56. The summed E-state index contributed by atoms with van der Waals surface area (Å²) in [6, 6.07) is 13.7. The topological polar surface area (TPSA) is 20.2 Å². The summed E-state index contributed by atoms with van der Waals surface area (Å²) in [5.41, 5.74) is 4.06. The first-order chi connectivity index (χ1) is 8.60. The van der Waals surface area contributed by atoms with E-state index >= 15 is 0 Å². The van der Waals surface area contributed by atoms with Crippen LogP contribution in [0, 0.1) is 6.92 Å². The fourth-order valence-corrected chi connectivity index (χ4v) is 2.35. The lowest BCUT2D eigenvalue weighted by Gasteiger charge is -2.13. The van der Waals surface area contributed by atoms with Crippen LogP contribution in [-0.2, 0) is 6.42 Å². The van der Waals surface area contributed by atoms with Crippen LogP contribution in [0.2, 0.25) is 5.02 Å². The van der Waals surface area contributed by atoms with Gasteiger partial charge in [-0.25, -0.2) is 0 Å². The van der Waals surface area contributed by atoms with Crippen molar-refractivity contribution in [2.45, 2.75) is 26.4 Å². The van der Waals surface area contributed by atoms with Crippen molar-refractivity contribution in [3.05, 3.63) is 69.7 Å². The number of aliphatic hydroxyl groups excluding tert-OH is 1. The van der Waals surface area contributed by atoms with Crippen LogP contribution in [0.4, 0.5) is 0 Å². The Morgan fingerprint density at radius 1 is 1.06 bits per heavy atom. The summed E-state index contributed by atoms with van der Waals surface area (Å²) in [4.78, 5) is 0. The monoisotopic (exact) mass is 260 g/mol. The highest BCUT2D eigenvalue weighted by molar-refractivity contribution is 6.30. The van der Waals surface area contributed by atoms with Crippen LogP contribution in [-0.4, -0.2) is 5.11 Å². The molecule has 0 amide bonds. The highest BCUT2D eigenvalue weighted by Gasteiger charge is 2.11. The van der Waals surface area contributed by atoms with Gasteiger partial charge in [-0.3, -0.25) is 0 Å². The van der Waals surface area contributed by atoms with Crippen LogP contribution in [0.1, 0.15) is 35.3 Å². The predicted molar refractivity (Wildman–Crippen MR) is 76.1 cm³/mol. The Morgan fingerprint density at radius 3 is 2.28 bits per heavy atom. The van der Waals surface area contributed by atoms with Crippen LogP contribution in [0.3, 0.4) is 0 Å². The quantitative estimate of drug-likeness (QED) is 0.873. The lowest BCUT2D eigenvalue weighted by atomic mass is 9.99. The Bertz CT molecular complexity index is 511. The highest BCUT2D eigenvalue weighted by atomic mass is 35.5. The van der Waals surface area contributed by atoms with Crippen molar-refractivity contribution in [3.63, 3.8) is 0 Å². The van der Waals surface area contributed by atoms with Crippen LogP contribution in [0.15, 0.2) is 42.5 Å². The van der Waals surface area contributed by atoms with Gasteiger partial charge in [0.1, 0.15) is 6.10 Å². The minimum Gasteiger partial charge on any atom is -0.384 e. The van der Waals surface area contributed by atoms with Gasteiger partial charge in [0.25, 0.3) is 0 Å². The molecule has 1 N–H and O–H groups in total. The molecule has 0 spiro atoms. The number of rotatable bonds is 3. The summed E-state index contributed by atoms with van der Waals surface area (Å²) < 4.78 is 0. The third-order valence-corrected chi connectivity index (χ3v) is 3.30. The van der Waals surface area contributed by atoms with E-state index in [4.69, 9.17) is 11.6 Å². The molecular formula is C16H17ClO. The molecule has 0 saturated heterocycles. The fraction of sp³-hybridized carbons (Fsp3) is 0.250. The van der Waals surface area contributed by atoms with Gasteiger partial charge in [-0.05, 0) is 47.7 Å². The summed E-state index contributed by atoms with van der Waals surface area (Å²) in [5, 5.41) is 11.0. The number of aryl methyl sites for hydroxylation is 2. The molecule has 0 fully saturated rings. The molecule has 1 unspecified atom stereocenters. The van der Waals surface area contributed by atoms with Crippen LogP contribution in [0.5, 0.6) is 0 Å². The number of aliphatic hydroxyl groups is 1. The molecule has 0 bridgehead atoms. The zero-order valence-electron chi connectivity index (χ0n) is 10.7. The first-order valence-corrected chi connectivity index (χ1v) is 6.52. The second-order valence-corrected chi connectivity index (χ2v) is 5.00. The van der Waals surface area contributed by atoms with Crippen molar-refractivity contribution in [3.8, 4) is 0 Å². The van der Waals surface area contributed by atoms with E-state index in [2.05, 4.69) is 19.1 Å². The molecule has 0 heterocycles. The molecule has 18 heavy (non-hydrogen) atoms. The summed E-state index contributed by atoms with van der Waals surface area (Å²) in [6.45, 7) is 4.09. The van der Waals surface area contributed by atoms with Gasteiger partial charge in [0.2, 0.25) is 0 Å². The second kappa shape index (κ2) is 5.55. The van der Waals surface area contributed by atoms with Gasteiger partial charge >= 0.3 is 0 Å². The minimum absolute atomic E-state index is 0.617. The molecule has 94 valence electrons. The molecule has 0 radical (unpaired) electrons. The van der Waals surface area contributed by atoms with E-state index in [1.165, 1.54) is 5.56 Å². The Balaban J connectivity index is 2.31. The van der Waals surface area contributed by atoms with E-state index in [1.807, 2.05) is 37.3 Å². The number of halogens is 1. The van der Waals surface area contributed by atoms with Gasteiger partial charge in [0.15, 0.2) is 0 Å². The third kappa shape index (κ3) is 2.92. The molecule has 0 aliphatic rings. The van der Waals surface area contributed by atoms with E-state index in [0.29, 0.717) is 5.02 Å². The van der Waals surface area contributed by atoms with Crippen molar-refractivity contribution in [2.75, 3.05) is 0 Å². The third-order valence-electron chi connectivity index (χ3n) is 3.08. The Hall–Kier alpha value is -1.31. The van der Waals surface area contributed by atoms with Crippen LogP contribution in [0.25, 0.3) is 0 Å². The molecule has 2 aromatic carbocycles. The van der Waals surface area contributed by atoms with E-state index in [0.717, 1.165) is 23.1 Å². The van der Waals surface area contributed by atoms with Crippen LogP contribution >= 0.6 is 11.6 Å². The standard InChI is InChI=1S/C16H17ClO/c1-3-12-4-6-13(7-5-12)16(18)14-8-11(2)9-15(17)10-14/h4-10,16,18H,3H2,1-2H3. The maximum Gasteiger partial charge on any atom is 0.104 e. The van der Waals surface area contributed by atoms with E-state index < -0.39 is 6.10 Å². The molecule has 0 aromatic heterocycles. The summed E-state index contributed by atoms with van der Waals surface area (Å²) in [6.07, 6.45) is 0.389. The zero-order chi connectivity index (χ0) is 13.1. The van der Waals surface area contributed by atoms with Gasteiger partial charge in [-0.1, -0.05) is 48.9 Å². The van der Waals surface area contributed by atoms with Gasteiger partial charge < -0.3 is 5.11 Å². The minimum atomic E-state index is -0.617. The van der Waals surface area contributed by atoms with Gasteiger partial charge in [-0.15, -0.1) is 0 Å². The molecular weight excluding hydrogens is 244 g/mol. The normalized spacial score (nSPS) is 12.4. The number of benzene rings is 2. The maximum atomic E-state index is 10.3. The fourth-order valence-electron chi connectivity index (χ4n) is 2.05. The van der Waals surface area contributed by atoms with Gasteiger partial charge in [0.05, 0.1) is 0 Å².